The second kappa shape index (κ2) is 6.60. The van der Waals surface area contributed by atoms with Gasteiger partial charge in [-0.3, -0.25) is 0 Å². The van der Waals surface area contributed by atoms with Crippen LogP contribution in [0.25, 0.3) is 0 Å². The van der Waals surface area contributed by atoms with Gasteiger partial charge in [0, 0.05) is 5.69 Å². The van der Waals surface area contributed by atoms with Crippen molar-refractivity contribution in [3.8, 4) is 11.5 Å². The fourth-order valence-corrected chi connectivity index (χ4v) is 1.64. The van der Waals surface area contributed by atoms with Crippen LogP contribution in [0.2, 0.25) is 0 Å². The van der Waals surface area contributed by atoms with E-state index in [1.54, 1.807) is 19.1 Å². The van der Waals surface area contributed by atoms with E-state index in [-0.39, 0.29) is 11.6 Å². The Labute approximate surface area is 121 Å². The second-order valence-corrected chi connectivity index (χ2v) is 4.36. The highest BCUT2D eigenvalue weighted by molar-refractivity contribution is 5.89. The molecule has 2 aromatic rings. The number of urea groups is 1. The zero-order chi connectivity index (χ0) is 15.2. The molecular weight excluding hydrogens is 275 g/mol. The highest BCUT2D eigenvalue weighted by atomic mass is 19.1. The molecule has 2 amide bonds. The van der Waals surface area contributed by atoms with E-state index in [9.17, 15) is 9.18 Å². The van der Waals surface area contributed by atoms with E-state index in [4.69, 9.17) is 9.84 Å². The van der Waals surface area contributed by atoms with E-state index in [1.807, 2.05) is 0 Å². The Hall–Kier alpha value is -2.76. The molecule has 5 nitrogen and oxygen atoms in total. The number of hydrogen-bond acceptors (Lipinski definition) is 3. The molecule has 2 rings (SSSR count). The van der Waals surface area contributed by atoms with Crippen LogP contribution in [0.15, 0.2) is 48.5 Å². The zero-order valence-corrected chi connectivity index (χ0v) is 11.3. The van der Waals surface area contributed by atoms with Crippen molar-refractivity contribution in [1.82, 2.24) is 5.32 Å². The van der Waals surface area contributed by atoms with Crippen molar-refractivity contribution in [2.24, 2.45) is 0 Å². The molecule has 0 radical (unpaired) electrons. The monoisotopic (exact) mass is 290 g/mol. The van der Waals surface area contributed by atoms with Crippen LogP contribution in [0.3, 0.4) is 0 Å². The molecule has 0 aliphatic heterocycles. The smallest absolute Gasteiger partial charge is 0.322 e. The van der Waals surface area contributed by atoms with Crippen molar-refractivity contribution in [3.63, 3.8) is 0 Å². The molecular formula is C15H15FN2O3. The van der Waals surface area contributed by atoms with Crippen LogP contribution in [0.5, 0.6) is 11.5 Å². The van der Waals surface area contributed by atoms with Crippen molar-refractivity contribution < 1.29 is 19.0 Å². The molecule has 1 atom stereocenters. The quantitative estimate of drug-likeness (QED) is 0.758. The van der Waals surface area contributed by atoms with Gasteiger partial charge < -0.3 is 20.5 Å². The maximum atomic E-state index is 12.7. The van der Waals surface area contributed by atoms with Crippen LogP contribution in [0.4, 0.5) is 14.9 Å². The van der Waals surface area contributed by atoms with Gasteiger partial charge in [-0.05, 0) is 55.5 Å². The molecule has 0 saturated carbocycles. The lowest BCUT2D eigenvalue weighted by molar-refractivity contribution is 0.183. The van der Waals surface area contributed by atoms with Crippen LogP contribution in [-0.4, -0.2) is 17.4 Å². The molecule has 1 unspecified atom stereocenters. The molecule has 6 heteroatoms. The van der Waals surface area contributed by atoms with E-state index in [0.29, 0.717) is 11.4 Å². The number of carbonyl (C=O) groups is 1. The van der Waals surface area contributed by atoms with E-state index in [2.05, 4.69) is 10.6 Å². The molecule has 0 bridgehead atoms. The Balaban J connectivity index is 1.84. The zero-order valence-electron chi connectivity index (χ0n) is 11.3. The van der Waals surface area contributed by atoms with Gasteiger partial charge in [0.15, 0.2) is 6.23 Å². The first-order valence-electron chi connectivity index (χ1n) is 6.32. The lowest BCUT2D eigenvalue weighted by Gasteiger charge is -2.16. The third kappa shape index (κ3) is 4.68. The predicted molar refractivity (Wildman–Crippen MR) is 76.8 cm³/mol. The minimum atomic E-state index is -0.574. The highest BCUT2D eigenvalue weighted by Crippen LogP contribution is 2.16. The summed E-state index contributed by atoms with van der Waals surface area (Å²) in [6.07, 6.45) is -0.574. The maximum absolute atomic E-state index is 12.7. The minimum absolute atomic E-state index is 0.136. The van der Waals surface area contributed by atoms with E-state index in [0.717, 1.165) is 0 Å². The number of rotatable bonds is 4. The van der Waals surface area contributed by atoms with Crippen molar-refractivity contribution in [3.05, 3.63) is 54.3 Å². The van der Waals surface area contributed by atoms with Crippen LogP contribution < -0.4 is 15.4 Å². The van der Waals surface area contributed by atoms with Gasteiger partial charge in [0.05, 0.1) is 0 Å². The summed E-state index contributed by atoms with van der Waals surface area (Å²) < 4.78 is 18.2. The number of amides is 2. The summed E-state index contributed by atoms with van der Waals surface area (Å²) in [4.78, 5) is 11.7. The fraction of sp³-hybridized carbons (Fsp3) is 0.133. The Morgan fingerprint density at radius 3 is 2.38 bits per heavy atom. The predicted octanol–water partition coefficient (Wildman–Crippen LogP) is 3.08. The first kappa shape index (κ1) is 14.6. The van der Waals surface area contributed by atoms with Crippen molar-refractivity contribution >= 4 is 11.7 Å². The summed E-state index contributed by atoms with van der Waals surface area (Å²) in [5.41, 5.74) is 0.478. The van der Waals surface area contributed by atoms with Gasteiger partial charge in [0.2, 0.25) is 0 Å². The van der Waals surface area contributed by atoms with E-state index in [1.165, 1.54) is 36.4 Å². The normalized spacial score (nSPS) is 11.5. The summed E-state index contributed by atoms with van der Waals surface area (Å²) in [5.74, 6) is 0.282. The number of hydrogen-bond donors (Lipinski definition) is 3. The summed E-state index contributed by atoms with van der Waals surface area (Å²) >= 11 is 0. The number of anilines is 1. The Morgan fingerprint density at radius 2 is 1.76 bits per heavy atom. The average Bonchev–Trinajstić information content (AvgIpc) is 2.44. The third-order valence-electron chi connectivity index (χ3n) is 2.59. The van der Waals surface area contributed by atoms with Crippen LogP contribution in [-0.2, 0) is 0 Å². The SMILES string of the molecule is CC(NC(=O)Nc1ccc(F)cc1)Oc1ccc(O)cc1. The number of phenolic OH excluding ortho intramolecular Hbond substituents is 1. The minimum Gasteiger partial charge on any atom is -0.508 e. The van der Waals surface area contributed by atoms with Crippen molar-refractivity contribution in [2.75, 3.05) is 5.32 Å². The molecule has 0 heterocycles. The van der Waals surface area contributed by atoms with Gasteiger partial charge in [0.1, 0.15) is 17.3 Å². The third-order valence-corrected chi connectivity index (χ3v) is 2.59. The number of phenols is 1. The number of halogens is 1. The van der Waals surface area contributed by atoms with E-state index >= 15 is 0 Å². The summed E-state index contributed by atoms with van der Waals surface area (Å²) in [7, 11) is 0. The molecule has 0 spiro atoms. The fourth-order valence-electron chi connectivity index (χ4n) is 1.64. The van der Waals surface area contributed by atoms with Crippen molar-refractivity contribution in [2.45, 2.75) is 13.2 Å². The molecule has 0 aliphatic rings. The summed E-state index contributed by atoms with van der Waals surface area (Å²) in [6.45, 7) is 1.66. The Bertz CT molecular complexity index is 599. The first-order valence-corrected chi connectivity index (χ1v) is 6.32. The van der Waals surface area contributed by atoms with Gasteiger partial charge in [-0.2, -0.15) is 0 Å². The van der Waals surface area contributed by atoms with Crippen molar-refractivity contribution in [1.29, 1.82) is 0 Å². The Kier molecular flexibility index (Phi) is 4.61. The topological polar surface area (TPSA) is 70.6 Å². The second-order valence-electron chi connectivity index (χ2n) is 4.36. The molecule has 0 fully saturated rings. The van der Waals surface area contributed by atoms with Gasteiger partial charge >= 0.3 is 6.03 Å². The molecule has 21 heavy (non-hydrogen) atoms. The van der Waals surface area contributed by atoms with Gasteiger partial charge in [0.25, 0.3) is 0 Å². The number of carbonyl (C=O) groups excluding carboxylic acids is 1. The number of benzene rings is 2. The molecule has 110 valence electrons. The van der Waals surface area contributed by atoms with E-state index < -0.39 is 12.3 Å². The maximum Gasteiger partial charge on any atom is 0.322 e. The van der Waals surface area contributed by atoms with Crippen LogP contribution in [0, 0.1) is 5.82 Å². The van der Waals surface area contributed by atoms with Gasteiger partial charge in [-0.15, -0.1) is 0 Å². The molecule has 3 N–H and O–H groups in total. The van der Waals surface area contributed by atoms with Crippen LogP contribution >= 0.6 is 0 Å². The lowest BCUT2D eigenvalue weighted by Crippen LogP contribution is -2.39. The number of nitrogens with one attached hydrogen (secondary N) is 2. The molecule has 0 aromatic heterocycles. The highest BCUT2D eigenvalue weighted by Gasteiger charge is 2.08. The molecule has 2 aromatic carbocycles. The largest absolute Gasteiger partial charge is 0.508 e. The summed E-state index contributed by atoms with van der Waals surface area (Å²) in [5, 5.41) is 14.3. The number of ether oxygens (including phenoxy) is 1. The lowest BCUT2D eigenvalue weighted by atomic mass is 10.3. The van der Waals surface area contributed by atoms with Gasteiger partial charge in [-0.1, -0.05) is 0 Å². The summed E-state index contributed by atoms with van der Waals surface area (Å²) in [6, 6.07) is 11.1. The Morgan fingerprint density at radius 1 is 1.14 bits per heavy atom. The standard InChI is InChI=1S/C15H15FN2O3/c1-10(21-14-8-6-13(19)7-9-14)17-15(20)18-12-4-2-11(16)3-5-12/h2-10,19H,1H3,(H2,17,18,20). The molecule has 0 aliphatic carbocycles. The van der Waals surface area contributed by atoms with Gasteiger partial charge in [-0.25, -0.2) is 9.18 Å². The molecule has 0 saturated heterocycles. The first-order chi connectivity index (χ1) is 10.0. The average molecular weight is 290 g/mol. The number of aromatic hydroxyl groups is 1. The van der Waals surface area contributed by atoms with Crippen LogP contribution in [0.1, 0.15) is 6.92 Å².